The van der Waals surface area contributed by atoms with Crippen LogP contribution in [0.1, 0.15) is 31.1 Å². The van der Waals surface area contributed by atoms with Gasteiger partial charge in [-0.1, -0.05) is 41.5 Å². The highest BCUT2D eigenvalue weighted by atomic mass is 16.5. The number of aromatic nitrogens is 2. The van der Waals surface area contributed by atoms with Crippen molar-refractivity contribution in [3.05, 3.63) is 66.6 Å². The predicted octanol–water partition coefficient (Wildman–Crippen LogP) is 3.62. The Morgan fingerprint density at radius 1 is 1.03 bits per heavy atom. The summed E-state index contributed by atoms with van der Waals surface area (Å²) in [6.07, 6.45) is -1.29. The van der Waals surface area contributed by atoms with Gasteiger partial charge in [-0.05, 0) is 43.5 Å². The lowest BCUT2D eigenvalue weighted by Crippen LogP contribution is -2.61. The molecule has 1 heterocycles. The number of hydrogen-bond donors (Lipinski definition) is 4. The maximum Gasteiger partial charge on any atom is 0.405 e. The Kier molecular flexibility index (Phi) is 5.93. The molecule has 1 aromatic heterocycles. The molecule has 10 nitrogen and oxygen atoms in total. The second kappa shape index (κ2) is 8.96. The van der Waals surface area contributed by atoms with Gasteiger partial charge in [0.25, 0.3) is 0 Å². The van der Waals surface area contributed by atoms with Gasteiger partial charge in [0.1, 0.15) is 5.75 Å². The van der Waals surface area contributed by atoms with Crippen LogP contribution >= 0.6 is 0 Å². The molecule has 0 aliphatic heterocycles. The van der Waals surface area contributed by atoms with Crippen LogP contribution in [0, 0.1) is 0 Å². The zero-order valence-electron chi connectivity index (χ0n) is 17.0. The molecule has 32 heavy (non-hydrogen) atoms. The van der Waals surface area contributed by atoms with Gasteiger partial charge in [0.2, 0.25) is 5.89 Å². The van der Waals surface area contributed by atoms with Crippen molar-refractivity contribution in [2.75, 3.05) is 5.32 Å². The van der Waals surface area contributed by atoms with Gasteiger partial charge in [0, 0.05) is 5.69 Å². The quantitative estimate of drug-likeness (QED) is 0.434. The van der Waals surface area contributed by atoms with E-state index in [1.807, 2.05) is 48.5 Å². The first-order valence-corrected chi connectivity index (χ1v) is 10.1. The number of anilines is 2. The number of aliphatic carboxylic acids is 1. The second-order valence-corrected chi connectivity index (χ2v) is 7.52. The lowest BCUT2D eigenvalue weighted by Gasteiger charge is -2.41. The Hall–Kier alpha value is -4.08. The van der Waals surface area contributed by atoms with Crippen molar-refractivity contribution in [2.45, 2.75) is 36.8 Å². The molecule has 3 unspecified atom stereocenters. The topological polar surface area (TPSA) is 147 Å². The summed E-state index contributed by atoms with van der Waals surface area (Å²) in [6, 6.07) is 18.4. The van der Waals surface area contributed by atoms with Gasteiger partial charge in [0.05, 0.1) is 12.0 Å². The van der Waals surface area contributed by atoms with Gasteiger partial charge in [-0.25, -0.2) is 9.59 Å². The molecular formula is C22H22N4O6. The van der Waals surface area contributed by atoms with Crippen LogP contribution in [0.15, 0.2) is 65.1 Å². The number of amides is 1. The van der Waals surface area contributed by atoms with Gasteiger partial charge in [0.15, 0.2) is 5.54 Å². The summed E-state index contributed by atoms with van der Waals surface area (Å²) in [4.78, 5) is 23.8. The van der Waals surface area contributed by atoms with Crippen LogP contribution in [0.4, 0.5) is 16.5 Å². The first-order valence-electron chi connectivity index (χ1n) is 10.1. The van der Waals surface area contributed by atoms with Crippen LogP contribution in [-0.2, 0) is 4.79 Å². The van der Waals surface area contributed by atoms with Crippen molar-refractivity contribution < 1.29 is 29.0 Å². The van der Waals surface area contributed by atoms with Crippen LogP contribution < -0.4 is 15.4 Å². The Balaban J connectivity index is 1.62. The molecule has 4 N–H and O–H groups in total. The lowest BCUT2D eigenvalue weighted by molar-refractivity contribution is -0.148. The first-order chi connectivity index (χ1) is 15.5. The molecule has 0 saturated heterocycles. The fourth-order valence-corrected chi connectivity index (χ4v) is 3.98. The number of hydrogen-bond acceptors (Lipinski definition) is 7. The molecule has 166 valence electrons. The van der Waals surface area contributed by atoms with Gasteiger partial charge in [-0.2, -0.15) is 0 Å². The van der Waals surface area contributed by atoms with Crippen molar-refractivity contribution in [1.29, 1.82) is 0 Å². The number of benzene rings is 2. The highest BCUT2D eigenvalue weighted by Crippen LogP contribution is 2.42. The van der Waals surface area contributed by atoms with Crippen LogP contribution in [-0.4, -0.2) is 44.1 Å². The average molecular weight is 438 g/mol. The Labute approximate surface area is 183 Å². The van der Waals surface area contributed by atoms with E-state index in [-0.39, 0.29) is 30.9 Å². The smallest absolute Gasteiger partial charge is 0.405 e. The molecule has 1 aliphatic rings. The number of nitrogens with zero attached hydrogens (tertiary/aromatic N) is 2. The molecule has 0 spiro atoms. The van der Waals surface area contributed by atoms with Crippen molar-refractivity contribution in [3.63, 3.8) is 0 Å². The van der Waals surface area contributed by atoms with Crippen LogP contribution in [0.5, 0.6) is 5.75 Å². The number of carboxylic acid groups (broad SMARTS) is 2. The predicted molar refractivity (Wildman–Crippen MR) is 113 cm³/mol. The van der Waals surface area contributed by atoms with Crippen molar-refractivity contribution in [2.24, 2.45) is 0 Å². The summed E-state index contributed by atoms with van der Waals surface area (Å²) in [5.41, 5.74) is -1.11. The van der Waals surface area contributed by atoms with E-state index < -0.39 is 23.5 Å². The minimum Gasteiger partial charge on any atom is -0.490 e. The fraction of sp³-hybridized carbons (Fsp3) is 0.273. The molecular weight excluding hydrogens is 416 g/mol. The number of para-hydroxylation sites is 2. The maximum absolute atomic E-state index is 12.3. The minimum atomic E-state index is -1.82. The third-order valence-electron chi connectivity index (χ3n) is 5.48. The third kappa shape index (κ3) is 4.48. The van der Waals surface area contributed by atoms with Gasteiger partial charge >= 0.3 is 18.1 Å². The molecule has 2 aromatic carbocycles. The second-order valence-electron chi connectivity index (χ2n) is 7.52. The largest absolute Gasteiger partial charge is 0.490 e. The number of nitrogens with one attached hydrogen (secondary N) is 2. The van der Waals surface area contributed by atoms with E-state index in [1.165, 1.54) is 0 Å². The third-order valence-corrected chi connectivity index (χ3v) is 5.48. The van der Waals surface area contributed by atoms with Crippen molar-refractivity contribution in [1.82, 2.24) is 15.5 Å². The lowest BCUT2D eigenvalue weighted by atomic mass is 9.71. The Morgan fingerprint density at radius 2 is 1.72 bits per heavy atom. The summed E-state index contributed by atoms with van der Waals surface area (Å²) < 4.78 is 11.7. The number of carbonyl (C=O) groups is 2. The van der Waals surface area contributed by atoms with E-state index in [2.05, 4.69) is 20.8 Å². The first kappa shape index (κ1) is 21.2. The molecule has 4 rings (SSSR count). The number of ether oxygens (including phenoxy) is 1. The summed E-state index contributed by atoms with van der Waals surface area (Å²) in [5.74, 6) is -1.58. The number of carboxylic acids is 1. The molecule has 1 fully saturated rings. The molecule has 1 aliphatic carbocycles. The zero-order chi connectivity index (χ0) is 22.6. The standard InChI is InChI=1S/C22H22N4O6/c27-19(28)22(24-21(29)30)12-11-16(31-15-9-5-2-6-10-15)13-17(22)18-25-26-20(32-18)23-14-7-3-1-4-8-14/h1-10,16-17,24H,11-13H2,(H,23,26)(H,27,28)(H,29,30). The van der Waals surface area contributed by atoms with E-state index >= 15 is 0 Å². The van der Waals surface area contributed by atoms with Crippen LogP contribution in [0.3, 0.4) is 0 Å². The highest BCUT2D eigenvalue weighted by Gasteiger charge is 2.54. The van der Waals surface area contributed by atoms with Gasteiger partial charge < -0.3 is 30.0 Å². The molecule has 10 heteroatoms. The van der Waals surface area contributed by atoms with Crippen molar-refractivity contribution in [3.8, 4) is 5.75 Å². The summed E-state index contributed by atoms with van der Waals surface area (Å²) in [7, 11) is 0. The molecule has 3 aromatic rings. The Bertz CT molecular complexity index is 1070. The number of rotatable bonds is 7. The van der Waals surface area contributed by atoms with Gasteiger partial charge in [-0.15, -0.1) is 5.10 Å². The van der Waals surface area contributed by atoms with Gasteiger partial charge in [-0.3, -0.25) is 0 Å². The molecule has 1 amide bonds. The molecule has 1 saturated carbocycles. The Morgan fingerprint density at radius 3 is 2.38 bits per heavy atom. The van der Waals surface area contributed by atoms with Crippen LogP contribution in [0.2, 0.25) is 0 Å². The SMILES string of the molecule is O=C(O)NC1(C(=O)O)CCC(Oc2ccccc2)CC1c1nnc(Nc2ccccc2)o1. The van der Waals surface area contributed by atoms with E-state index in [4.69, 9.17) is 9.15 Å². The summed E-state index contributed by atoms with van der Waals surface area (Å²) in [5, 5.41) is 32.5. The molecule has 0 radical (unpaired) electrons. The normalized spacial score (nSPS) is 22.6. The van der Waals surface area contributed by atoms with E-state index in [9.17, 15) is 19.8 Å². The van der Waals surface area contributed by atoms with Crippen LogP contribution in [0.25, 0.3) is 0 Å². The van der Waals surface area contributed by atoms with E-state index in [1.54, 1.807) is 12.1 Å². The minimum absolute atomic E-state index is 0.000622. The summed E-state index contributed by atoms with van der Waals surface area (Å²) >= 11 is 0. The fourth-order valence-electron chi connectivity index (χ4n) is 3.98. The summed E-state index contributed by atoms with van der Waals surface area (Å²) in [6.45, 7) is 0. The zero-order valence-corrected chi connectivity index (χ0v) is 17.0. The maximum atomic E-state index is 12.3. The highest BCUT2D eigenvalue weighted by molar-refractivity contribution is 5.85. The van der Waals surface area contributed by atoms with E-state index in [0.29, 0.717) is 17.9 Å². The monoisotopic (exact) mass is 438 g/mol. The average Bonchev–Trinajstić information content (AvgIpc) is 3.24. The van der Waals surface area contributed by atoms with Crippen molar-refractivity contribution >= 4 is 23.8 Å². The molecule has 0 bridgehead atoms. The van der Waals surface area contributed by atoms with E-state index in [0.717, 1.165) is 0 Å². The molecule has 3 atom stereocenters.